The Kier molecular flexibility index (Phi) is 2.82. The predicted molar refractivity (Wildman–Crippen MR) is 63.8 cm³/mol. The number of nitrogens with one attached hydrogen (secondary N) is 1. The SMILES string of the molecule is N#CCC(=O)NCC1C2CC3CC(C2)CC1C3. The van der Waals surface area contributed by atoms with E-state index in [1.165, 1.54) is 32.1 Å². The Labute approximate surface area is 103 Å². The summed E-state index contributed by atoms with van der Waals surface area (Å²) in [7, 11) is 0. The molecule has 4 aliphatic carbocycles. The second kappa shape index (κ2) is 4.33. The molecule has 1 amide bonds. The number of hydrogen-bond acceptors (Lipinski definition) is 2. The van der Waals surface area contributed by atoms with Crippen LogP contribution in [0.5, 0.6) is 0 Å². The maximum atomic E-state index is 11.3. The van der Waals surface area contributed by atoms with Crippen LogP contribution in [0.2, 0.25) is 0 Å². The van der Waals surface area contributed by atoms with Crippen molar-refractivity contribution in [2.24, 2.45) is 29.6 Å². The third-order valence-electron chi connectivity index (χ3n) is 5.20. The molecule has 17 heavy (non-hydrogen) atoms. The van der Waals surface area contributed by atoms with E-state index in [4.69, 9.17) is 5.26 Å². The Morgan fingerprint density at radius 3 is 2.24 bits per heavy atom. The molecule has 4 saturated carbocycles. The zero-order valence-corrected chi connectivity index (χ0v) is 10.2. The van der Waals surface area contributed by atoms with Gasteiger partial charge in [-0.2, -0.15) is 5.26 Å². The average molecular weight is 232 g/mol. The van der Waals surface area contributed by atoms with Crippen LogP contribution in [-0.2, 0) is 4.79 Å². The molecule has 3 heteroatoms. The van der Waals surface area contributed by atoms with Gasteiger partial charge in [0.15, 0.2) is 0 Å². The summed E-state index contributed by atoms with van der Waals surface area (Å²) in [6.07, 6.45) is 7.06. The molecule has 0 aliphatic heterocycles. The zero-order valence-electron chi connectivity index (χ0n) is 10.2. The molecular weight excluding hydrogens is 212 g/mol. The molecule has 4 aliphatic rings. The number of nitrogens with zero attached hydrogens (tertiary/aromatic N) is 1. The van der Waals surface area contributed by atoms with Crippen molar-refractivity contribution in [3.05, 3.63) is 0 Å². The zero-order chi connectivity index (χ0) is 11.8. The van der Waals surface area contributed by atoms with Crippen molar-refractivity contribution in [1.29, 1.82) is 5.26 Å². The fourth-order valence-electron chi connectivity index (χ4n) is 4.74. The van der Waals surface area contributed by atoms with Gasteiger partial charge >= 0.3 is 0 Å². The lowest BCUT2D eigenvalue weighted by Gasteiger charge is -2.54. The molecule has 0 saturated heterocycles. The first-order valence-corrected chi connectivity index (χ1v) is 6.90. The number of carbonyl (C=O) groups is 1. The minimum Gasteiger partial charge on any atom is -0.355 e. The van der Waals surface area contributed by atoms with Crippen LogP contribution < -0.4 is 5.32 Å². The highest BCUT2D eigenvalue weighted by atomic mass is 16.1. The molecule has 4 bridgehead atoms. The molecule has 92 valence electrons. The number of hydrogen-bond donors (Lipinski definition) is 1. The lowest BCUT2D eigenvalue weighted by molar-refractivity contribution is -0.121. The fourth-order valence-corrected chi connectivity index (χ4v) is 4.74. The summed E-state index contributed by atoms with van der Waals surface area (Å²) < 4.78 is 0. The normalized spacial score (nSPS) is 42.2. The smallest absolute Gasteiger partial charge is 0.234 e. The Morgan fingerprint density at radius 1 is 1.12 bits per heavy atom. The van der Waals surface area contributed by atoms with Gasteiger partial charge in [0.05, 0.1) is 6.07 Å². The molecular formula is C14H20N2O. The Hall–Kier alpha value is -1.04. The van der Waals surface area contributed by atoms with Crippen LogP contribution in [0.4, 0.5) is 0 Å². The van der Waals surface area contributed by atoms with E-state index in [1.54, 1.807) is 0 Å². The van der Waals surface area contributed by atoms with Crippen LogP contribution >= 0.6 is 0 Å². The lowest BCUT2D eigenvalue weighted by Crippen LogP contribution is -2.49. The summed E-state index contributed by atoms with van der Waals surface area (Å²) in [5.41, 5.74) is 0. The van der Waals surface area contributed by atoms with Gasteiger partial charge < -0.3 is 5.32 Å². The van der Waals surface area contributed by atoms with Gasteiger partial charge in [0.25, 0.3) is 0 Å². The highest BCUT2D eigenvalue weighted by molar-refractivity contribution is 5.77. The van der Waals surface area contributed by atoms with Crippen molar-refractivity contribution in [2.45, 2.75) is 38.5 Å². The molecule has 0 aromatic rings. The molecule has 0 aromatic carbocycles. The van der Waals surface area contributed by atoms with E-state index in [1.807, 2.05) is 6.07 Å². The van der Waals surface area contributed by atoms with Gasteiger partial charge in [-0.05, 0) is 61.7 Å². The van der Waals surface area contributed by atoms with E-state index >= 15 is 0 Å². The van der Waals surface area contributed by atoms with Gasteiger partial charge in [0.2, 0.25) is 5.91 Å². The van der Waals surface area contributed by atoms with Crippen molar-refractivity contribution in [2.75, 3.05) is 6.54 Å². The second-order valence-electron chi connectivity index (χ2n) is 6.23. The van der Waals surface area contributed by atoms with E-state index in [0.717, 1.165) is 30.2 Å². The second-order valence-corrected chi connectivity index (χ2v) is 6.23. The summed E-state index contributed by atoms with van der Waals surface area (Å²) in [4.78, 5) is 11.3. The lowest BCUT2D eigenvalue weighted by atomic mass is 9.52. The molecule has 1 N–H and O–H groups in total. The third-order valence-corrected chi connectivity index (χ3v) is 5.20. The predicted octanol–water partition coefficient (Wildman–Crippen LogP) is 2.09. The standard InChI is InChI=1S/C14H20N2O/c15-2-1-14(17)16-8-13-11-4-9-3-10(6-11)7-12(13)5-9/h9-13H,1,3-8H2,(H,16,17). The van der Waals surface area contributed by atoms with Crippen molar-refractivity contribution >= 4 is 5.91 Å². The van der Waals surface area contributed by atoms with Crippen molar-refractivity contribution in [3.8, 4) is 6.07 Å². The van der Waals surface area contributed by atoms with E-state index in [-0.39, 0.29) is 12.3 Å². The molecule has 0 spiro atoms. The van der Waals surface area contributed by atoms with Crippen LogP contribution in [0.25, 0.3) is 0 Å². The minimum absolute atomic E-state index is 0.00725. The number of nitriles is 1. The molecule has 4 fully saturated rings. The molecule has 0 unspecified atom stereocenters. The van der Waals surface area contributed by atoms with E-state index < -0.39 is 0 Å². The summed E-state index contributed by atoms with van der Waals surface area (Å²) in [5, 5.41) is 11.4. The number of carbonyl (C=O) groups excluding carboxylic acids is 1. The largest absolute Gasteiger partial charge is 0.355 e. The van der Waals surface area contributed by atoms with Crippen LogP contribution in [0.3, 0.4) is 0 Å². The molecule has 0 heterocycles. The van der Waals surface area contributed by atoms with Gasteiger partial charge in [0, 0.05) is 6.54 Å². The Bertz CT molecular complexity index is 330. The summed E-state index contributed by atoms with van der Waals surface area (Å²) in [6, 6.07) is 1.91. The van der Waals surface area contributed by atoms with E-state index in [2.05, 4.69) is 5.32 Å². The third kappa shape index (κ3) is 2.06. The van der Waals surface area contributed by atoms with E-state index in [0.29, 0.717) is 5.92 Å². The quantitative estimate of drug-likeness (QED) is 0.810. The van der Waals surface area contributed by atoms with Crippen LogP contribution in [0, 0.1) is 40.9 Å². The van der Waals surface area contributed by atoms with Gasteiger partial charge in [-0.3, -0.25) is 4.79 Å². The van der Waals surface area contributed by atoms with Gasteiger partial charge in [-0.1, -0.05) is 0 Å². The minimum atomic E-state index is -0.0960. The van der Waals surface area contributed by atoms with E-state index in [9.17, 15) is 4.79 Å². The molecule has 4 rings (SSSR count). The average Bonchev–Trinajstić information content (AvgIpc) is 2.27. The fraction of sp³-hybridized carbons (Fsp3) is 0.857. The molecule has 0 radical (unpaired) electrons. The molecule has 0 atom stereocenters. The summed E-state index contributed by atoms with van der Waals surface area (Å²) in [6.45, 7) is 0.815. The first kappa shape index (κ1) is 11.1. The molecule has 0 aromatic heterocycles. The van der Waals surface area contributed by atoms with Crippen molar-refractivity contribution < 1.29 is 4.79 Å². The summed E-state index contributed by atoms with van der Waals surface area (Å²) >= 11 is 0. The molecule has 3 nitrogen and oxygen atoms in total. The topological polar surface area (TPSA) is 52.9 Å². The monoisotopic (exact) mass is 232 g/mol. The van der Waals surface area contributed by atoms with Gasteiger partial charge in [-0.25, -0.2) is 0 Å². The summed E-state index contributed by atoms with van der Waals surface area (Å²) in [5.74, 6) is 4.29. The highest BCUT2D eigenvalue weighted by Crippen LogP contribution is 2.56. The van der Waals surface area contributed by atoms with Gasteiger partial charge in [-0.15, -0.1) is 0 Å². The highest BCUT2D eigenvalue weighted by Gasteiger charge is 2.47. The first-order chi connectivity index (χ1) is 8.26. The Morgan fingerprint density at radius 2 is 1.71 bits per heavy atom. The van der Waals surface area contributed by atoms with Gasteiger partial charge in [0.1, 0.15) is 6.42 Å². The maximum absolute atomic E-state index is 11.3. The maximum Gasteiger partial charge on any atom is 0.234 e. The van der Waals surface area contributed by atoms with Crippen LogP contribution in [-0.4, -0.2) is 12.5 Å². The first-order valence-electron chi connectivity index (χ1n) is 6.90. The number of rotatable bonds is 3. The Balaban J connectivity index is 1.57. The van der Waals surface area contributed by atoms with Crippen LogP contribution in [0.1, 0.15) is 38.5 Å². The van der Waals surface area contributed by atoms with Crippen molar-refractivity contribution in [3.63, 3.8) is 0 Å². The van der Waals surface area contributed by atoms with Crippen molar-refractivity contribution in [1.82, 2.24) is 5.32 Å². The number of amides is 1. The van der Waals surface area contributed by atoms with Crippen LogP contribution in [0.15, 0.2) is 0 Å².